The number of esters is 1. The molecule has 176 valence electrons. The molecular weight excluding hydrogens is 449 g/mol. The van der Waals surface area contributed by atoms with E-state index in [1.165, 1.54) is 18.2 Å². The molecule has 0 amide bonds. The van der Waals surface area contributed by atoms with Gasteiger partial charge in [-0.2, -0.15) is 13.2 Å². The normalized spacial score (nSPS) is 11.8. The van der Waals surface area contributed by atoms with Gasteiger partial charge in [0.25, 0.3) is 0 Å². The summed E-state index contributed by atoms with van der Waals surface area (Å²) in [4.78, 5) is 25.1. The van der Waals surface area contributed by atoms with Crippen LogP contribution in [0, 0.1) is 5.92 Å². The Morgan fingerprint density at radius 1 is 1.00 bits per heavy atom. The minimum atomic E-state index is -4.92. The fraction of sp³-hybridized carbons (Fsp3) is 0.231. The number of ether oxygens (including phenoxy) is 2. The third kappa shape index (κ3) is 4.76. The van der Waals surface area contributed by atoms with E-state index in [9.17, 15) is 22.8 Å². The summed E-state index contributed by atoms with van der Waals surface area (Å²) >= 11 is 0. The molecule has 0 bridgehead atoms. The predicted octanol–water partition coefficient (Wildman–Crippen LogP) is 6.21. The van der Waals surface area contributed by atoms with Gasteiger partial charge in [0.1, 0.15) is 11.3 Å². The number of rotatable bonds is 6. The van der Waals surface area contributed by atoms with Crippen LogP contribution in [0.2, 0.25) is 0 Å². The lowest BCUT2D eigenvalue weighted by molar-refractivity contribution is -0.152. The van der Waals surface area contributed by atoms with Gasteiger partial charge in [-0.1, -0.05) is 56.3 Å². The van der Waals surface area contributed by atoms with Crippen LogP contribution in [0.15, 0.2) is 69.9 Å². The van der Waals surface area contributed by atoms with Gasteiger partial charge in [-0.15, -0.1) is 0 Å². The molecule has 0 radical (unpaired) electrons. The Bertz CT molecular complexity index is 1410. The summed E-state index contributed by atoms with van der Waals surface area (Å²) in [7, 11) is 0. The second kappa shape index (κ2) is 9.21. The lowest BCUT2D eigenvalue weighted by atomic mass is 9.96. The Morgan fingerprint density at radius 2 is 1.74 bits per heavy atom. The molecule has 0 aliphatic heterocycles. The Kier molecular flexibility index (Phi) is 6.32. The quantitative estimate of drug-likeness (QED) is 0.314. The average molecular weight is 470 g/mol. The molecule has 0 fully saturated rings. The molecule has 4 aromatic rings. The molecule has 1 aromatic heterocycles. The molecule has 0 atom stereocenters. The van der Waals surface area contributed by atoms with Gasteiger partial charge >= 0.3 is 12.1 Å². The van der Waals surface area contributed by atoms with Gasteiger partial charge in [-0.05, 0) is 34.4 Å². The van der Waals surface area contributed by atoms with E-state index in [2.05, 4.69) is 0 Å². The Balaban J connectivity index is 1.79. The van der Waals surface area contributed by atoms with Gasteiger partial charge in [-0.3, -0.25) is 4.79 Å². The molecule has 8 heteroatoms. The maximum Gasteiger partial charge on any atom is 0.450 e. The SMILES string of the molecule is CC(C)COC(=O)COc1ccc2c(=O)c(-c3cccc4ccccc34)c(C(F)(F)F)oc2c1. The maximum absolute atomic E-state index is 14.0. The molecule has 0 spiro atoms. The highest BCUT2D eigenvalue weighted by Gasteiger charge is 2.39. The first-order valence-corrected chi connectivity index (χ1v) is 10.6. The van der Waals surface area contributed by atoms with E-state index in [0.717, 1.165) is 6.07 Å². The van der Waals surface area contributed by atoms with Crippen molar-refractivity contribution in [2.24, 2.45) is 5.92 Å². The third-order valence-electron chi connectivity index (χ3n) is 5.11. The van der Waals surface area contributed by atoms with Crippen molar-refractivity contribution in [3.05, 3.63) is 76.6 Å². The van der Waals surface area contributed by atoms with Gasteiger partial charge in [-0.25, -0.2) is 4.79 Å². The van der Waals surface area contributed by atoms with Crippen LogP contribution in [-0.2, 0) is 15.7 Å². The standard InChI is InChI=1S/C26H21F3O5/c1-15(2)13-33-22(30)14-32-17-10-11-20-21(12-17)34-25(26(27,28)29)23(24(20)31)19-9-5-7-16-6-3-4-8-18(16)19/h3-12,15H,13-14H2,1-2H3. The smallest absolute Gasteiger partial charge is 0.450 e. The number of halogens is 3. The number of carbonyl (C=O) groups excluding carboxylic acids is 1. The fourth-order valence-electron chi connectivity index (χ4n) is 3.59. The van der Waals surface area contributed by atoms with Crippen molar-refractivity contribution in [3.63, 3.8) is 0 Å². The van der Waals surface area contributed by atoms with E-state index in [1.807, 2.05) is 13.8 Å². The zero-order chi connectivity index (χ0) is 24.5. The van der Waals surface area contributed by atoms with Gasteiger partial charge in [0.2, 0.25) is 11.2 Å². The van der Waals surface area contributed by atoms with Crippen LogP contribution in [0.5, 0.6) is 5.75 Å². The Morgan fingerprint density at radius 3 is 2.47 bits per heavy atom. The zero-order valence-corrected chi connectivity index (χ0v) is 18.4. The van der Waals surface area contributed by atoms with E-state index in [-0.39, 0.29) is 34.8 Å². The van der Waals surface area contributed by atoms with E-state index in [1.54, 1.807) is 36.4 Å². The number of hydrogen-bond acceptors (Lipinski definition) is 5. The first kappa shape index (κ1) is 23.4. The molecule has 0 aliphatic carbocycles. The average Bonchev–Trinajstić information content (AvgIpc) is 2.80. The summed E-state index contributed by atoms with van der Waals surface area (Å²) in [6.45, 7) is 3.55. The number of benzene rings is 3. The summed E-state index contributed by atoms with van der Waals surface area (Å²) < 4.78 is 57.6. The number of fused-ring (bicyclic) bond motifs is 2. The van der Waals surface area contributed by atoms with Crippen LogP contribution in [0.3, 0.4) is 0 Å². The van der Waals surface area contributed by atoms with Gasteiger partial charge in [0.05, 0.1) is 17.6 Å². The highest BCUT2D eigenvalue weighted by atomic mass is 19.4. The topological polar surface area (TPSA) is 65.7 Å². The van der Waals surface area contributed by atoms with E-state index >= 15 is 0 Å². The van der Waals surface area contributed by atoms with Crippen molar-refractivity contribution >= 4 is 27.7 Å². The third-order valence-corrected chi connectivity index (χ3v) is 5.11. The summed E-state index contributed by atoms with van der Waals surface area (Å²) in [5, 5.41) is 1.16. The highest BCUT2D eigenvalue weighted by molar-refractivity contribution is 5.98. The molecule has 0 saturated heterocycles. The van der Waals surface area contributed by atoms with Gasteiger partial charge in [0.15, 0.2) is 6.61 Å². The Hall–Kier alpha value is -3.81. The highest BCUT2D eigenvalue weighted by Crippen LogP contribution is 2.39. The van der Waals surface area contributed by atoms with Crippen molar-refractivity contribution in [1.29, 1.82) is 0 Å². The number of hydrogen-bond donors (Lipinski definition) is 0. The lowest BCUT2D eigenvalue weighted by Gasteiger charge is -2.15. The van der Waals surface area contributed by atoms with Gasteiger partial charge in [0, 0.05) is 6.07 Å². The van der Waals surface area contributed by atoms with Crippen molar-refractivity contribution < 1.29 is 31.9 Å². The summed E-state index contributed by atoms with van der Waals surface area (Å²) in [6, 6.07) is 15.6. The predicted molar refractivity (Wildman–Crippen MR) is 122 cm³/mol. The van der Waals surface area contributed by atoms with Crippen LogP contribution in [0.4, 0.5) is 13.2 Å². The van der Waals surface area contributed by atoms with Crippen molar-refractivity contribution in [2.45, 2.75) is 20.0 Å². The maximum atomic E-state index is 14.0. The molecule has 0 N–H and O–H groups in total. The van der Waals surface area contributed by atoms with E-state index < -0.39 is 35.5 Å². The molecular formula is C26H21F3O5. The zero-order valence-electron chi connectivity index (χ0n) is 18.4. The first-order chi connectivity index (χ1) is 16.1. The van der Waals surface area contributed by atoms with Gasteiger partial charge < -0.3 is 13.9 Å². The second-order valence-electron chi connectivity index (χ2n) is 8.18. The number of carbonyl (C=O) groups is 1. The Labute approximate surface area is 192 Å². The van der Waals surface area contributed by atoms with Crippen molar-refractivity contribution in [2.75, 3.05) is 13.2 Å². The van der Waals surface area contributed by atoms with Crippen LogP contribution in [0.25, 0.3) is 32.9 Å². The molecule has 0 unspecified atom stereocenters. The fourth-order valence-corrected chi connectivity index (χ4v) is 3.59. The minimum absolute atomic E-state index is 0.0364. The molecule has 34 heavy (non-hydrogen) atoms. The number of alkyl halides is 3. The lowest BCUT2D eigenvalue weighted by Crippen LogP contribution is -2.18. The van der Waals surface area contributed by atoms with Crippen LogP contribution >= 0.6 is 0 Å². The molecule has 4 rings (SSSR count). The largest absolute Gasteiger partial charge is 0.482 e. The molecule has 0 saturated carbocycles. The second-order valence-corrected chi connectivity index (χ2v) is 8.18. The van der Waals surface area contributed by atoms with Crippen LogP contribution in [0.1, 0.15) is 19.6 Å². The van der Waals surface area contributed by atoms with Crippen LogP contribution in [-0.4, -0.2) is 19.2 Å². The first-order valence-electron chi connectivity index (χ1n) is 10.6. The van der Waals surface area contributed by atoms with Crippen LogP contribution < -0.4 is 10.2 Å². The van der Waals surface area contributed by atoms with E-state index in [0.29, 0.717) is 10.8 Å². The van der Waals surface area contributed by atoms with E-state index in [4.69, 9.17) is 13.9 Å². The molecule has 5 nitrogen and oxygen atoms in total. The molecule has 0 aliphatic rings. The summed E-state index contributed by atoms with van der Waals surface area (Å²) in [6.07, 6.45) is -4.92. The summed E-state index contributed by atoms with van der Waals surface area (Å²) in [5.74, 6) is -1.79. The minimum Gasteiger partial charge on any atom is -0.482 e. The summed E-state index contributed by atoms with van der Waals surface area (Å²) in [5.41, 5.74) is -1.53. The molecule has 1 heterocycles. The molecule has 3 aromatic carbocycles. The van der Waals surface area contributed by atoms with Crippen molar-refractivity contribution in [3.8, 4) is 16.9 Å². The van der Waals surface area contributed by atoms with Crippen molar-refractivity contribution in [1.82, 2.24) is 0 Å². The monoisotopic (exact) mass is 470 g/mol.